The van der Waals surface area contributed by atoms with E-state index in [1.54, 1.807) is 37.1 Å². The minimum atomic E-state index is -0.529. The monoisotopic (exact) mass is 314 g/mol. The topological polar surface area (TPSA) is 113 Å². The van der Waals surface area contributed by atoms with Crippen LogP contribution in [0.25, 0.3) is 11.3 Å². The summed E-state index contributed by atoms with van der Waals surface area (Å²) in [7, 11) is 0. The molecule has 3 aromatic heterocycles. The fourth-order valence-electron chi connectivity index (χ4n) is 2.10. The van der Waals surface area contributed by atoms with Crippen LogP contribution < -0.4 is 10.2 Å². The van der Waals surface area contributed by atoms with Crippen LogP contribution in [0.5, 0.6) is 0 Å². The Labute approximate surface area is 131 Å². The van der Waals surface area contributed by atoms with Gasteiger partial charge in [-0.2, -0.15) is 0 Å². The van der Waals surface area contributed by atoms with Crippen molar-refractivity contribution in [3.05, 3.63) is 54.1 Å². The zero-order valence-electron chi connectivity index (χ0n) is 12.1. The number of carbonyl (C=O) groups excluding carboxylic acids is 1. The van der Waals surface area contributed by atoms with Crippen molar-refractivity contribution in [3.8, 4) is 11.3 Å². The second-order valence-electron chi connectivity index (χ2n) is 4.77. The molecule has 0 aliphatic heterocycles. The average Bonchev–Trinajstić information content (AvgIpc) is 3.22. The Morgan fingerprint density at radius 2 is 2.13 bits per heavy atom. The van der Waals surface area contributed by atoms with Crippen molar-refractivity contribution in [1.82, 2.24) is 25.0 Å². The van der Waals surface area contributed by atoms with Crippen LogP contribution in [-0.2, 0) is 6.54 Å². The molecule has 0 unspecified atom stereocenters. The molecule has 9 nitrogen and oxygen atoms in total. The van der Waals surface area contributed by atoms with Gasteiger partial charge < -0.3 is 15.1 Å². The predicted molar refractivity (Wildman–Crippen MR) is 77.9 cm³/mol. The Morgan fingerprint density at radius 1 is 1.30 bits per heavy atom. The van der Waals surface area contributed by atoms with Gasteiger partial charge in [-0.15, -0.1) is 0 Å². The highest BCUT2D eigenvalue weighted by atomic mass is 16.8. The first-order valence-electron chi connectivity index (χ1n) is 7.00. The number of hydrogen-bond acceptors (Lipinski definition) is 6. The summed E-state index contributed by atoms with van der Waals surface area (Å²) in [5.41, 5.74) is 0.607. The van der Waals surface area contributed by atoms with Gasteiger partial charge in [0.15, 0.2) is 0 Å². The summed E-state index contributed by atoms with van der Waals surface area (Å²) in [6.45, 7) is 1.14. The van der Waals surface area contributed by atoms with Crippen LogP contribution in [0.3, 0.4) is 0 Å². The minimum Gasteiger partial charge on any atom is -0.359 e. The SMILES string of the molecule is O=C(NCCCn1ccnc1)c1c(-c2ccncc2)no[n+]1[O-]. The van der Waals surface area contributed by atoms with Gasteiger partial charge in [-0.1, -0.05) is 0 Å². The normalized spacial score (nSPS) is 10.6. The van der Waals surface area contributed by atoms with E-state index in [1.165, 1.54) is 0 Å². The van der Waals surface area contributed by atoms with E-state index in [0.29, 0.717) is 18.5 Å². The lowest BCUT2D eigenvalue weighted by Crippen LogP contribution is -2.38. The average molecular weight is 314 g/mol. The van der Waals surface area contributed by atoms with Crippen LogP contribution in [0.2, 0.25) is 0 Å². The van der Waals surface area contributed by atoms with Crippen molar-refractivity contribution >= 4 is 5.91 Å². The van der Waals surface area contributed by atoms with Crippen LogP contribution in [0.4, 0.5) is 0 Å². The Kier molecular flexibility index (Phi) is 4.27. The molecule has 3 rings (SSSR count). The standard InChI is InChI=1S/C14H14N6O3/c21-14(17-4-1-8-19-9-7-16-10-19)13-12(18-23-20(13)22)11-2-5-15-6-3-11/h2-3,5-7,9-10H,1,4,8H2,(H,17,21). The van der Waals surface area contributed by atoms with Gasteiger partial charge in [0.05, 0.1) is 6.33 Å². The van der Waals surface area contributed by atoms with Crippen LogP contribution in [-0.4, -0.2) is 32.1 Å². The smallest absolute Gasteiger partial charge is 0.300 e. The highest BCUT2D eigenvalue weighted by Crippen LogP contribution is 2.18. The second kappa shape index (κ2) is 6.69. The van der Waals surface area contributed by atoms with Gasteiger partial charge in [0, 0.05) is 48.6 Å². The number of nitrogens with zero attached hydrogens (tertiary/aromatic N) is 5. The van der Waals surface area contributed by atoms with Gasteiger partial charge in [0.2, 0.25) is 0 Å². The van der Waals surface area contributed by atoms with Crippen molar-refractivity contribution in [2.24, 2.45) is 0 Å². The predicted octanol–water partition coefficient (Wildman–Crippen LogP) is 0.387. The lowest BCUT2D eigenvalue weighted by molar-refractivity contribution is -0.803. The largest absolute Gasteiger partial charge is 0.359 e. The molecule has 0 aliphatic carbocycles. The van der Waals surface area contributed by atoms with Crippen molar-refractivity contribution in [3.63, 3.8) is 0 Å². The molecule has 0 radical (unpaired) electrons. The minimum absolute atomic E-state index is 0.112. The van der Waals surface area contributed by atoms with E-state index < -0.39 is 5.91 Å². The van der Waals surface area contributed by atoms with E-state index in [2.05, 4.69) is 25.1 Å². The summed E-state index contributed by atoms with van der Waals surface area (Å²) in [5.74, 6) is -0.529. The number of pyridine rings is 1. The summed E-state index contributed by atoms with van der Waals surface area (Å²) < 4.78 is 6.46. The number of amides is 1. The van der Waals surface area contributed by atoms with Crippen molar-refractivity contribution in [2.75, 3.05) is 6.54 Å². The molecular formula is C14H14N6O3. The first kappa shape index (κ1) is 14.7. The van der Waals surface area contributed by atoms with Gasteiger partial charge in [-0.3, -0.25) is 14.4 Å². The first-order chi connectivity index (χ1) is 11.3. The van der Waals surface area contributed by atoms with E-state index in [4.69, 9.17) is 0 Å². The van der Waals surface area contributed by atoms with E-state index in [9.17, 15) is 10.0 Å². The Bertz CT molecular complexity index is 769. The second-order valence-corrected chi connectivity index (χ2v) is 4.77. The number of aryl methyl sites for hydroxylation is 1. The summed E-state index contributed by atoms with van der Waals surface area (Å²) in [6.07, 6.45) is 9.04. The maximum absolute atomic E-state index is 12.2. The molecule has 0 atom stereocenters. The molecule has 0 fully saturated rings. The van der Waals surface area contributed by atoms with E-state index in [-0.39, 0.29) is 16.3 Å². The molecule has 9 heteroatoms. The molecule has 1 amide bonds. The van der Waals surface area contributed by atoms with Crippen molar-refractivity contribution in [1.29, 1.82) is 0 Å². The highest BCUT2D eigenvalue weighted by Gasteiger charge is 2.27. The number of hydrogen-bond donors (Lipinski definition) is 1. The molecule has 0 spiro atoms. The van der Waals surface area contributed by atoms with Crippen molar-refractivity contribution in [2.45, 2.75) is 13.0 Å². The Hall–Kier alpha value is -3.23. The van der Waals surface area contributed by atoms with Gasteiger partial charge in [0.1, 0.15) is 0 Å². The van der Waals surface area contributed by atoms with Gasteiger partial charge >= 0.3 is 0 Å². The molecular weight excluding hydrogens is 300 g/mol. The molecule has 0 saturated carbocycles. The third-order valence-electron chi connectivity index (χ3n) is 3.22. The van der Waals surface area contributed by atoms with Crippen molar-refractivity contribution < 1.29 is 14.3 Å². The van der Waals surface area contributed by atoms with Crippen LogP contribution in [0.1, 0.15) is 16.9 Å². The molecule has 0 aromatic carbocycles. The van der Waals surface area contributed by atoms with Crippen LogP contribution >= 0.6 is 0 Å². The maximum atomic E-state index is 12.2. The molecule has 3 heterocycles. The first-order valence-corrected chi connectivity index (χ1v) is 7.00. The summed E-state index contributed by atoms with van der Waals surface area (Å²) in [6, 6.07) is 3.29. The maximum Gasteiger partial charge on any atom is 0.300 e. The van der Waals surface area contributed by atoms with Gasteiger partial charge in [-0.05, 0) is 23.5 Å². The zero-order valence-corrected chi connectivity index (χ0v) is 12.1. The molecule has 0 bridgehead atoms. The van der Waals surface area contributed by atoms with E-state index in [0.717, 1.165) is 6.54 Å². The third kappa shape index (κ3) is 3.34. The summed E-state index contributed by atoms with van der Waals surface area (Å²) in [4.78, 5) is 20.2. The molecule has 118 valence electrons. The number of imidazole rings is 1. The van der Waals surface area contributed by atoms with E-state index in [1.807, 2.05) is 10.8 Å². The Balaban J connectivity index is 1.64. The highest BCUT2D eigenvalue weighted by molar-refractivity contribution is 5.96. The number of aromatic nitrogens is 5. The van der Waals surface area contributed by atoms with Gasteiger partial charge in [-0.25, -0.2) is 4.98 Å². The number of carbonyl (C=O) groups is 1. The van der Waals surface area contributed by atoms with Crippen LogP contribution in [0.15, 0.2) is 47.9 Å². The fourth-order valence-corrected chi connectivity index (χ4v) is 2.10. The Morgan fingerprint density at radius 3 is 2.87 bits per heavy atom. The van der Waals surface area contributed by atoms with Crippen LogP contribution in [0, 0.1) is 5.21 Å². The number of rotatable bonds is 6. The molecule has 3 aromatic rings. The molecule has 0 saturated heterocycles. The molecule has 23 heavy (non-hydrogen) atoms. The van der Waals surface area contributed by atoms with E-state index >= 15 is 0 Å². The summed E-state index contributed by atoms with van der Waals surface area (Å²) >= 11 is 0. The third-order valence-corrected chi connectivity index (χ3v) is 3.22. The lowest BCUT2D eigenvalue weighted by atomic mass is 10.1. The molecule has 0 aliphatic rings. The zero-order chi connectivity index (χ0) is 16.1. The fraction of sp³-hybridized carbons (Fsp3) is 0.214. The quantitative estimate of drug-likeness (QED) is 0.520. The van der Waals surface area contributed by atoms with Gasteiger partial charge in [0.25, 0.3) is 17.3 Å². The summed E-state index contributed by atoms with van der Waals surface area (Å²) in [5, 5.41) is 18.0. The number of nitrogens with one attached hydrogen (secondary N) is 1. The molecule has 1 N–H and O–H groups in total. The lowest BCUT2D eigenvalue weighted by Gasteiger charge is -2.04.